The molecule has 5 nitrogen and oxygen atoms in total. The Kier molecular flexibility index (Phi) is 5.00. The van der Waals surface area contributed by atoms with Gasteiger partial charge in [-0.2, -0.15) is 0 Å². The number of nitrogens with zero attached hydrogens (tertiary/aromatic N) is 1. The number of aliphatic hydroxyl groups excluding tert-OH is 2. The highest BCUT2D eigenvalue weighted by molar-refractivity contribution is 5.98. The third-order valence-electron chi connectivity index (χ3n) is 3.67. The molecule has 5 heteroatoms. The van der Waals surface area contributed by atoms with Crippen LogP contribution in [0.3, 0.4) is 0 Å². The molecule has 0 aliphatic carbocycles. The van der Waals surface area contributed by atoms with Gasteiger partial charge in [-0.1, -0.05) is 37.3 Å². The fourth-order valence-corrected chi connectivity index (χ4v) is 2.29. The summed E-state index contributed by atoms with van der Waals surface area (Å²) in [5.74, 6) is -0.0242. The Balaban J connectivity index is 2.22. The quantitative estimate of drug-likeness (QED) is 0.856. The van der Waals surface area contributed by atoms with Crippen LogP contribution in [-0.4, -0.2) is 47.8 Å². The summed E-state index contributed by atoms with van der Waals surface area (Å²) in [6.45, 7) is 1.54. The highest BCUT2D eigenvalue weighted by Gasteiger charge is 2.29. The normalized spacial score (nSPS) is 11.5. The molecule has 0 aliphatic heterocycles. The van der Waals surface area contributed by atoms with Crippen molar-refractivity contribution in [2.75, 3.05) is 26.8 Å². The molecule has 1 aromatic heterocycles. The van der Waals surface area contributed by atoms with Gasteiger partial charge in [-0.05, 0) is 11.6 Å². The van der Waals surface area contributed by atoms with Crippen LogP contribution in [0.4, 0.5) is 0 Å². The summed E-state index contributed by atoms with van der Waals surface area (Å²) in [5.41, 5.74) is 0.886. The molecule has 1 heterocycles. The first-order valence-corrected chi connectivity index (χ1v) is 7.11. The molecule has 0 unspecified atom stereocenters. The molecule has 0 bridgehead atoms. The highest BCUT2D eigenvalue weighted by atomic mass is 16.3. The van der Waals surface area contributed by atoms with E-state index in [4.69, 9.17) is 4.42 Å². The van der Waals surface area contributed by atoms with E-state index in [1.165, 1.54) is 11.2 Å². The lowest BCUT2D eigenvalue weighted by molar-refractivity contribution is 0.0352. The molecule has 0 spiro atoms. The molecule has 1 amide bonds. The second-order valence-corrected chi connectivity index (χ2v) is 5.82. The van der Waals surface area contributed by atoms with Crippen molar-refractivity contribution in [2.24, 2.45) is 5.41 Å². The monoisotopic (exact) mass is 303 g/mol. The van der Waals surface area contributed by atoms with E-state index in [1.807, 2.05) is 30.3 Å². The van der Waals surface area contributed by atoms with E-state index in [9.17, 15) is 15.0 Å². The van der Waals surface area contributed by atoms with Crippen LogP contribution in [-0.2, 0) is 0 Å². The van der Waals surface area contributed by atoms with E-state index in [2.05, 4.69) is 0 Å². The Bertz CT molecular complexity index is 617. The molecular formula is C17H21NO4. The second kappa shape index (κ2) is 6.77. The van der Waals surface area contributed by atoms with Crippen LogP contribution in [0.5, 0.6) is 0 Å². The van der Waals surface area contributed by atoms with Crippen LogP contribution in [0.1, 0.15) is 17.5 Å². The predicted molar refractivity (Wildman–Crippen MR) is 83.4 cm³/mol. The van der Waals surface area contributed by atoms with E-state index in [0.29, 0.717) is 0 Å². The number of hydrogen-bond acceptors (Lipinski definition) is 4. The van der Waals surface area contributed by atoms with Gasteiger partial charge in [0, 0.05) is 24.6 Å². The lowest BCUT2D eigenvalue weighted by Gasteiger charge is -2.30. The average Bonchev–Trinajstić information content (AvgIpc) is 3.04. The molecular weight excluding hydrogens is 282 g/mol. The third-order valence-corrected chi connectivity index (χ3v) is 3.67. The second-order valence-electron chi connectivity index (χ2n) is 5.82. The van der Waals surface area contributed by atoms with Gasteiger partial charge in [0.15, 0.2) is 5.76 Å². The largest absolute Gasteiger partial charge is 0.459 e. The lowest BCUT2D eigenvalue weighted by Crippen LogP contribution is -2.41. The molecule has 118 valence electrons. The summed E-state index contributed by atoms with van der Waals surface area (Å²) in [7, 11) is 1.63. The first-order valence-electron chi connectivity index (χ1n) is 7.11. The molecule has 22 heavy (non-hydrogen) atoms. The molecule has 0 saturated carbocycles. The smallest absolute Gasteiger partial charge is 0.289 e. The van der Waals surface area contributed by atoms with E-state index in [0.717, 1.165) is 11.1 Å². The van der Waals surface area contributed by atoms with E-state index >= 15 is 0 Å². The number of rotatable bonds is 6. The number of hydrogen-bond donors (Lipinski definition) is 2. The standard InChI is InChI=1S/C17H21NO4/c1-17(11-19,12-20)10-18(2)16(21)15-14(8-9-22-15)13-6-4-3-5-7-13/h3-9,19-20H,10-12H2,1-2H3. The Hall–Kier alpha value is -2.11. The number of furan rings is 1. The molecule has 2 aromatic rings. The predicted octanol–water partition coefficient (Wildman–Crippen LogP) is 2.01. The van der Waals surface area contributed by atoms with Gasteiger partial charge in [0.1, 0.15) is 0 Å². The number of amides is 1. The van der Waals surface area contributed by atoms with Crippen molar-refractivity contribution in [3.8, 4) is 11.1 Å². The maximum absolute atomic E-state index is 12.6. The van der Waals surface area contributed by atoms with Crippen LogP contribution in [0.25, 0.3) is 11.1 Å². The fraction of sp³-hybridized carbons (Fsp3) is 0.353. The number of benzene rings is 1. The topological polar surface area (TPSA) is 73.9 Å². The number of carbonyl (C=O) groups is 1. The van der Waals surface area contributed by atoms with E-state index in [-0.39, 0.29) is 31.4 Å². The molecule has 0 atom stereocenters. The van der Waals surface area contributed by atoms with Gasteiger partial charge in [-0.25, -0.2) is 0 Å². The van der Waals surface area contributed by atoms with Crippen molar-refractivity contribution in [2.45, 2.75) is 6.92 Å². The first-order chi connectivity index (χ1) is 10.5. The van der Waals surface area contributed by atoms with Crippen LogP contribution < -0.4 is 0 Å². The summed E-state index contributed by atoms with van der Waals surface area (Å²) in [6.07, 6.45) is 1.49. The molecule has 0 fully saturated rings. The molecule has 1 aromatic carbocycles. The summed E-state index contributed by atoms with van der Waals surface area (Å²) in [6, 6.07) is 11.3. The van der Waals surface area contributed by atoms with Crippen LogP contribution in [0.2, 0.25) is 0 Å². The zero-order chi connectivity index (χ0) is 16.2. The minimum atomic E-state index is -0.746. The van der Waals surface area contributed by atoms with Crippen LogP contribution in [0, 0.1) is 5.41 Å². The zero-order valence-electron chi connectivity index (χ0n) is 12.8. The molecule has 2 rings (SSSR count). The van der Waals surface area contributed by atoms with Crippen molar-refractivity contribution in [3.63, 3.8) is 0 Å². The van der Waals surface area contributed by atoms with Crippen LogP contribution in [0.15, 0.2) is 47.1 Å². The molecule has 0 radical (unpaired) electrons. The Morgan fingerprint density at radius 3 is 2.41 bits per heavy atom. The van der Waals surface area contributed by atoms with E-state index < -0.39 is 5.41 Å². The van der Waals surface area contributed by atoms with Crippen LogP contribution >= 0.6 is 0 Å². The Morgan fingerprint density at radius 1 is 1.18 bits per heavy atom. The molecule has 0 aliphatic rings. The van der Waals surface area contributed by atoms with Crippen molar-refractivity contribution < 1.29 is 19.4 Å². The summed E-state index contributed by atoms with van der Waals surface area (Å²) < 4.78 is 5.37. The Labute approximate surface area is 129 Å². The van der Waals surface area contributed by atoms with Gasteiger partial charge < -0.3 is 19.5 Å². The molecule has 2 N–H and O–H groups in total. The third kappa shape index (κ3) is 3.37. The van der Waals surface area contributed by atoms with Crippen molar-refractivity contribution >= 4 is 5.91 Å². The first kappa shape index (κ1) is 16.3. The maximum atomic E-state index is 12.6. The summed E-state index contributed by atoms with van der Waals surface area (Å²) in [4.78, 5) is 14.0. The van der Waals surface area contributed by atoms with Gasteiger partial charge in [0.05, 0.1) is 19.5 Å². The summed E-state index contributed by atoms with van der Waals surface area (Å²) >= 11 is 0. The van der Waals surface area contributed by atoms with Gasteiger partial charge in [-0.3, -0.25) is 4.79 Å². The maximum Gasteiger partial charge on any atom is 0.289 e. The van der Waals surface area contributed by atoms with Crippen molar-refractivity contribution in [1.82, 2.24) is 4.90 Å². The van der Waals surface area contributed by atoms with Gasteiger partial charge in [0.2, 0.25) is 0 Å². The van der Waals surface area contributed by atoms with Crippen molar-refractivity contribution in [3.05, 3.63) is 48.4 Å². The van der Waals surface area contributed by atoms with E-state index in [1.54, 1.807) is 20.0 Å². The highest BCUT2D eigenvalue weighted by Crippen LogP contribution is 2.26. The van der Waals surface area contributed by atoms with Gasteiger partial charge in [0.25, 0.3) is 5.91 Å². The fourth-order valence-electron chi connectivity index (χ4n) is 2.29. The zero-order valence-corrected chi connectivity index (χ0v) is 12.8. The minimum absolute atomic E-state index is 0.204. The van der Waals surface area contributed by atoms with Gasteiger partial charge >= 0.3 is 0 Å². The number of aliphatic hydroxyl groups is 2. The summed E-state index contributed by atoms with van der Waals surface area (Å²) in [5, 5.41) is 18.7. The lowest BCUT2D eigenvalue weighted by atomic mass is 9.92. The Morgan fingerprint density at radius 2 is 1.82 bits per heavy atom. The molecule has 0 saturated heterocycles. The van der Waals surface area contributed by atoms with Gasteiger partial charge in [-0.15, -0.1) is 0 Å². The SMILES string of the molecule is CN(CC(C)(CO)CO)C(=O)c1occc1-c1ccccc1. The number of carbonyl (C=O) groups excluding carboxylic acids is 1. The van der Waals surface area contributed by atoms with Crippen molar-refractivity contribution in [1.29, 1.82) is 0 Å². The minimum Gasteiger partial charge on any atom is -0.459 e. The average molecular weight is 303 g/mol.